The molecule has 2 aromatic carbocycles. The topological polar surface area (TPSA) is 102 Å². The third kappa shape index (κ3) is 4.91. The summed E-state index contributed by atoms with van der Waals surface area (Å²) in [7, 11) is 0. The Labute approximate surface area is 242 Å². The molecule has 6 rings (SSSR count). The maximum absolute atomic E-state index is 11.7. The molecule has 4 aromatic rings. The van der Waals surface area contributed by atoms with E-state index in [1.165, 1.54) is 5.56 Å². The van der Waals surface area contributed by atoms with E-state index in [9.17, 15) is 15.0 Å². The van der Waals surface area contributed by atoms with Crippen LogP contribution in [0.4, 0.5) is 0 Å². The number of carboxylic acids is 1. The maximum Gasteiger partial charge on any atom is 0.357 e. The molecule has 2 heterocycles. The molecular formula is C30H32Cl2N4O4. The number of ether oxygens (including phenoxy) is 1. The summed E-state index contributed by atoms with van der Waals surface area (Å²) in [6.45, 7) is 4.30. The molecule has 2 aliphatic rings. The number of aromatic nitrogens is 4. The van der Waals surface area contributed by atoms with Crippen LogP contribution in [0.5, 0.6) is 0 Å². The number of aliphatic hydroxyl groups is 1. The summed E-state index contributed by atoms with van der Waals surface area (Å²) in [4.78, 5) is 11.7. The monoisotopic (exact) mass is 582 g/mol. The Hall–Kier alpha value is -2.91. The molecule has 40 heavy (non-hydrogen) atoms. The molecule has 8 nitrogen and oxygen atoms in total. The van der Waals surface area contributed by atoms with Gasteiger partial charge in [-0.2, -0.15) is 10.2 Å². The fourth-order valence-electron chi connectivity index (χ4n) is 5.85. The van der Waals surface area contributed by atoms with E-state index < -0.39 is 11.6 Å². The molecule has 2 fully saturated rings. The van der Waals surface area contributed by atoms with Gasteiger partial charge in [0.05, 0.1) is 45.8 Å². The summed E-state index contributed by atoms with van der Waals surface area (Å²) in [5.41, 5.74) is 3.32. The number of fused-ring (bicyclic) bond motifs is 1. The van der Waals surface area contributed by atoms with Crippen LogP contribution in [0.15, 0.2) is 42.6 Å². The summed E-state index contributed by atoms with van der Waals surface area (Å²) in [5, 5.41) is 31.8. The average Bonchev–Trinajstić information content (AvgIpc) is 3.56. The lowest BCUT2D eigenvalue weighted by Crippen LogP contribution is -2.34. The number of hydrogen-bond donors (Lipinski definition) is 2. The van der Waals surface area contributed by atoms with Crippen molar-refractivity contribution in [1.82, 2.24) is 19.6 Å². The first-order valence-electron chi connectivity index (χ1n) is 13.8. The first-order valence-corrected chi connectivity index (χ1v) is 14.5. The molecule has 10 heteroatoms. The third-order valence-corrected chi connectivity index (χ3v) is 8.83. The molecule has 0 atom stereocenters. The van der Waals surface area contributed by atoms with Gasteiger partial charge in [0.1, 0.15) is 5.69 Å². The zero-order valence-corrected chi connectivity index (χ0v) is 24.0. The van der Waals surface area contributed by atoms with Crippen molar-refractivity contribution in [3.05, 3.63) is 75.2 Å². The van der Waals surface area contributed by atoms with Gasteiger partial charge in [0.25, 0.3) is 0 Å². The number of benzene rings is 2. The second kappa shape index (κ2) is 10.5. The van der Waals surface area contributed by atoms with Crippen LogP contribution in [0.2, 0.25) is 10.0 Å². The minimum Gasteiger partial charge on any atom is -0.476 e. The Morgan fingerprint density at radius 1 is 1.12 bits per heavy atom. The molecule has 2 saturated carbocycles. The van der Waals surface area contributed by atoms with Gasteiger partial charge in [-0.1, -0.05) is 35.3 Å². The molecule has 0 aliphatic heterocycles. The molecule has 0 amide bonds. The van der Waals surface area contributed by atoms with Gasteiger partial charge in [0.15, 0.2) is 5.69 Å². The SMILES string of the molecule is CC(C)n1nc(C(=O)O)c2ccc(C3(O)CCC(OCc4c(C5CC5)cnn4-c4c(Cl)cccc4Cl)CC3)cc21. The van der Waals surface area contributed by atoms with E-state index >= 15 is 0 Å². The number of carbonyl (C=O) groups is 1. The highest BCUT2D eigenvalue weighted by atomic mass is 35.5. The van der Waals surface area contributed by atoms with E-state index in [0.717, 1.165) is 29.6 Å². The fourth-order valence-corrected chi connectivity index (χ4v) is 6.41. The highest BCUT2D eigenvalue weighted by molar-refractivity contribution is 6.37. The largest absolute Gasteiger partial charge is 0.476 e. The smallest absolute Gasteiger partial charge is 0.357 e. The second-order valence-corrected chi connectivity index (χ2v) is 12.1. The van der Waals surface area contributed by atoms with Crippen molar-refractivity contribution in [2.75, 3.05) is 0 Å². The minimum atomic E-state index is -1.06. The quantitative estimate of drug-likeness (QED) is 0.231. The lowest BCUT2D eigenvalue weighted by Gasteiger charge is -2.36. The van der Waals surface area contributed by atoms with Crippen LogP contribution < -0.4 is 0 Å². The van der Waals surface area contributed by atoms with Gasteiger partial charge in [-0.25, -0.2) is 9.48 Å². The predicted molar refractivity (Wildman–Crippen MR) is 154 cm³/mol. The molecule has 0 saturated heterocycles. The zero-order chi connectivity index (χ0) is 28.2. The third-order valence-electron chi connectivity index (χ3n) is 8.22. The van der Waals surface area contributed by atoms with Gasteiger partial charge < -0.3 is 14.9 Å². The molecule has 0 unspecified atom stereocenters. The number of nitrogens with zero attached hydrogens (tertiary/aromatic N) is 4. The minimum absolute atomic E-state index is 0.0130. The predicted octanol–water partition coefficient (Wildman–Crippen LogP) is 7.03. The summed E-state index contributed by atoms with van der Waals surface area (Å²) in [5.74, 6) is -0.572. The Bertz CT molecular complexity index is 1560. The lowest BCUT2D eigenvalue weighted by molar-refractivity contribution is -0.0648. The Morgan fingerprint density at radius 3 is 2.45 bits per heavy atom. The van der Waals surface area contributed by atoms with Crippen molar-refractivity contribution >= 4 is 40.1 Å². The van der Waals surface area contributed by atoms with Crippen molar-refractivity contribution in [3.63, 3.8) is 0 Å². The van der Waals surface area contributed by atoms with Crippen LogP contribution in [0.25, 0.3) is 16.6 Å². The van der Waals surface area contributed by atoms with Crippen molar-refractivity contribution < 1.29 is 19.7 Å². The number of rotatable bonds is 8. The van der Waals surface area contributed by atoms with Gasteiger partial charge in [-0.05, 0) is 93.7 Å². The molecule has 0 spiro atoms. The van der Waals surface area contributed by atoms with Crippen LogP contribution >= 0.6 is 23.2 Å². The van der Waals surface area contributed by atoms with E-state index in [0.29, 0.717) is 59.3 Å². The Morgan fingerprint density at radius 2 is 1.82 bits per heavy atom. The van der Waals surface area contributed by atoms with Crippen molar-refractivity contribution in [1.29, 1.82) is 0 Å². The first-order chi connectivity index (χ1) is 19.2. The number of carboxylic acid groups (broad SMARTS) is 1. The standard InChI is InChI=1S/C30H32Cl2N4O4/c1-17(2)35-25-14-19(8-9-21(25)27(34-35)29(37)38)30(39)12-10-20(11-13-30)40-16-26-22(18-6-7-18)15-33-36(26)28-23(31)4-3-5-24(28)32/h3-5,8-9,14-15,17-18,20,39H,6-7,10-13,16H2,1-2H3,(H,37,38). The molecule has 2 aromatic heterocycles. The van der Waals surface area contributed by atoms with Crippen molar-refractivity contribution in [2.45, 2.75) is 82.6 Å². The molecule has 0 radical (unpaired) electrons. The van der Waals surface area contributed by atoms with Gasteiger partial charge in [0.2, 0.25) is 0 Å². The number of hydrogen-bond acceptors (Lipinski definition) is 5. The molecular weight excluding hydrogens is 551 g/mol. The van der Waals surface area contributed by atoms with Gasteiger partial charge in [-0.3, -0.25) is 4.68 Å². The van der Waals surface area contributed by atoms with Crippen LogP contribution in [-0.4, -0.2) is 41.8 Å². The van der Waals surface area contributed by atoms with E-state index in [2.05, 4.69) is 10.2 Å². The van der Waals surface area contributed by atoms with Crippen LogP contribution in [0, 0.1) is 0 Å². The summed E-state index contributed by atoms with van der Waals surface area (Å²) >= 11 is 13.0. The summed E-state index contributed by atoms with van der Waals surface area (Å²) in [6.07, 6.45) is 6.63. The fraction of sp³-hybridized carbons (Fsp3) is 0.433. The van der Waals surface area contributed by atoms with E-state index in [1.54, 1.807) is 10.7 Å². The Balaban J connectivity index is 1.19. The van der Waals surface area contributed by atoms with Gasteiger partial charge in [0, 0.05) is 11.4 Å². The summed E-state index contributed by atoms with van der Waals surface area (Å²) in [6, 6.07) is 10.9. The first kappa shape index (κ1) is 27.3. The van der Waals surface area contributed by atoms with E-state index in [4.69, 9.17) is 27.9 Å². The van der Waals surface area contributed by atoms with E-state index in [-0.39, 0.29) is 17.8 Å². The van der Waals surface area contributed by atoms with E-state index in [1.807, 2.05) is 55.1 Å². The van der Waals surface area contributed by atoms with Crippen LogP contribution in [0.3, 0.4) is 0 Å². The van der Waals surface area contributed by atoms with Crippen molar-refractivity contribution in [2.24, 2.45) is 0 Å². The normalized spacial score (nSPS) is 21.4. The number of para-hydroxylation sites is 1. The lowest BCUT2D eigenvalue weighted by atomic mass is 9.78. The zero-order valence-electron chi connectivity index (χ0n) is 22.5. The molecule has 210 valence electrons. The van der Waals surface area contributed by atoms with Crippen LogP contribution in [-0.2, 0) is 16.9 Å². The number of aromatic carboxylic acids is 1. The molecule has 2 aliphatic carbocycles. The van der Waals surface area contributed by atoms with Crippen molar-refractivity contribution in [3.8, 4) is 5.69 Å². The van der Waals surface area contributed by atoms with Gasteiger partial charge in [-0.15, -0.1) is 0 Å². The van der Waals surface area contributed by atoms with Gasteiger partial charge >= 0.3 is 5.97 Å². The molecule has 0 bridgehead atoms. The van der Waals surface area contributed by atoms with Crippen LogP contribution in [0.1, 0.15) is 91.6 Å². The average molecular weight is 584 g/mol. The number of halogens is 2. The highest BCUT2D eigenvalue weighted by Gasteiger charge is 2.37. The Kier molecular flexibility index (Phi) is 7.15. The maximum atomic E-state index is 11.7. The second-order valence-electron chi connectivity index (χ2n) is 11.3. The highest BCUT2D eigenvalue weighted by Crippen LogP contribution is 2.44. The molecule has 2 N–H and O–H groups in total. The summed E-state index contributed by atoms with van der Waals surface area (Å²) < 4.78 is 9.96.